The fourth-order valence-corrected chi connectivity index (χ4v) is 1.21. The van der Waals surface area contributed by atoms with Crippen LogP contribution in [-0.4, -0.2) is 18.1 Å². The summed E-state index contributed by atoms with van der Waals surface area (Å²) >= 11 is 0. The van der Waals surface area contributed by atoms with Crippen LogP contribution in [0, 0.1) is 12.8 Å². The van der Waals surface area contributed by atoms with E-state index < -0.39 is 0 Å². The van der Waals surface area contributed by atoms with Crippen LogP contribution in [0.5, 0.6) is 5.75 Å². The molecule has 1 aromatic rings. The van der Waals surface area contributed by atoms with E-state index in [2.05, 4.69) is 31.1 Å². The maximum Gasteiger partial charge on any atom is 0.161 e. The van der Waals surface area contributed by atoms with E-state index in [-0.39, 0.29) is 0 Å². The lowest BCUT2D eigenvalue weighted by atomic mass is 10.2. The average Bonchev–Trinajstić information content (AvgIpc) is 2.18. The Bertz CT molecular complexity index is 308. The predicted octanol–water partition coefficient (Wildman–Crippen LogP) is 2.86. The highest BCUT2D eigenvalue weighted by atomic mass is 16.5. The molecule has 2 rings (SSSR count). The first-order valence-corrected chi connectivity index (χ1v) is 5.42. The number of nitrogens with zero attached hydrogens (tertiary/aromatic N) is 1. The molecule has 84 valence electrons. The molecule has 1 aliphatic rings. The minimum atomic E-state index is 0.734. The van der Waals surface area contributed by atoms with Gasteiger partial charge in [-0.05, 0) is 18.4 Å². The van der Waals surface area contributed by atoms with Crippen LogP contribution in [0.2, 0.25) is 0 Å². The van der Waals surface area contributed by atoms with Gasteiger partial charge >= 0.3 is 0 Å². The molecule has 0 saturated heterocycles. The molecule has 0 unspecified atom stereocenters. The summed E-state index contributed by atoms with van der Waals surface area (Å²) in [5.74, 6) is 1.70. The highest BCUT2D eigenvalue weighted by molar-refractivity contribution is 5.61. The molecule has 0 radical (unpaired) electrons. The van der Waals surface area contributed by atoms with Crippen molar-refractivity contribution < 1.29 is 4.74 Å². The first-order valence-electron chi connectivity index (χ1n) is 5.42. The molecule has 0 aromatic carbocycles. The zero-order chi connectivity index (χ0) is 11.3. The fraction of sp³-hybridized carbons (Fsp3) is 0.583. The van der Waals surface area contributed by atoms with Gasteiger partial charge in [-0.3, -0.25) is 4.98 Å². The third-order valence-electron chi connectivity index (χ3n) is 1.76. The molecule has 0 atom stereocenters. The number of aryl methyl sites for hydroxylation is 1. The number of aromatic nitrogens is 1. The van der Waals surface area contributed by atoms with Crippen molar-refractivity contribution in [3.63, 3.8) is 0 Å². The Hall–Kier alpha value is -1.25. The van der Waals surface area contributed by atoms with Gasteiger partial charge in [0.2, 0.25) is 0 Å². The Balaban J connectivity index is 0.000000245. The molecule has 0 amide bonds. The predicted molar refractivity (Wildman–Crippen MR) is 63.5 cm³/mol. The number of hydrogen-bond acceptors (Lipinski definition) is 3. The van der Waals surface area contributed by atoms with Gasteiger partial charge in [-0.2, -0.15) is 0 Å². The molecule has 0 aliphatic carbocycles. The van der Waals surface area contributed by atoms with Crippen molar-refractivity contribution in [2.24, 2.45) is 5.92 Å². The van der Waals surface area contributed by atoms with E-state index in [1.54, 1.807) is 6.20 Å². The van der Waals surface area contributed by atoms with E-state index in [0.29, 0.717) is 0 Å². The van der Waals surface area contributed by atoms with Crippen molar-refractivity contribution in [1.29, 1.82) is 0 Å². The summed E-state index contributed by atoms with van der Waals surface area (Å²) < 4.78 is 5.38. The van der Waals surface area contributed by atoms with E-state index in [1.807, 2.05) is 13.1 Å². The molecule has 0 fully saturated rings. The van der Waals surface area contributed by atoms with Gasteiger partial charge < -0.3 is 10.1 Å². The van der Waals surface area contributed by atoms with Gasteiger partial charge in [-0.25, -0.2) is 0 Å². The lowest BCUT2D eigenvalue weighted by Gasteiger charge is -2.19. The topological polar surface area (TPSA) is 34.2 Å². The van der Waals surface area contributed by atoms with Crippen LogP contribution in [0.25, 0.3) is 0 Å². The maximum atomic E-state index is 5.38. The van der Waals surface area contributed by atoms with Crippen LogP contribution < -0.4 is 10.1 Å². The summed E-state index contributed by atoms with van der Waals surface area (Å²) in [7, 11) is 0. The second-order valence-electron chi connectivity index (χ2n) is 4.34. The fourth-order valence-electron chi connectivity index (χ4n) is 1.21. The largest absolute Gasteiger partial charge is 0.488 e. The Morgan fingerprint density at radius 2 is 2.00 bits per heavy atom. The summed E-state index contributed by atoms with van der Waals surface area (Å²) in [5, 5.41) is 3.27. The van der Waals surface area contributed by atoms with Gasteiger partial charge in [0, 0.05) is 12.7 Å². The van der Waals surface area contributed by atoms with Gasteiger partial charge in [0.1, 0.15) is 6.61 Å². The number of anilines is 1. The highest BCUT2D eigenvalue weighted by Crippen LogP contribution is 2.28. The smallest absolute Gasteiger partial charge is 0.161 e. The van der Waals surface area contributed by atoms with Crippen molar-refractivity contribution in [1.82, 2.24) is 4.98 Å². The number of ether oxygens (including phenoxy) is 1. The second kappa shape index (κ2) is 5.59. The van der Waals surface area contributed by atoms with Crippen molar-refractivity contribution in [3.05, 3.63) is 18.0 Å². The third-order valence-corrected chi connectivity index (χ3v) is 1.76. The molecule has 3 nitrogen and oxygen atoms in total. The molecule has 0 bridgehead atoms. The summed E-state index contributed by atoms with van der Waals surface area (Å²) in [6.07, 6.45) is 3.58. The second-order valence-corrected chi connectivity index (χ2v) is 4.34. The van der Waals surface area contributed by atoms with Crippen LogP contribution in [0.4, 0.5) is 5.69 Å². The summed E-state index contributed by atoms with van der Waals surface area (Å²) in [6, 6.07) is 0. The Kier molecular flexibility index (Phi) is 4.40. The minimum absolute atomic E-state index is 0.734. The quantitative estimate of drug-likeness (QED) is 0.712. The summed E-state index contributed by atoms with van der Waals surface area (Å²) in [5.41, 5.74) is 2.23. The van der Waals surface area contributed by atoms with E-state index >= 15 is 0 Å². The first kappa shape index (κ1) is 11.8. The average molecular weight is 208 g/mol. The molecular formula is C12H20N2O. The standard InChI is InChI=1S/C8H10N2O.C4H10/c1-6-4-9-5-7-8(6)10-2-3-11-7;1-4(2)3/h4-5,10H,2-3H2,1H3;4H,1-3H3. The van der Waals surface area contributed by atoms with E-state index in [4.69, 9.17) is 4.74 Å². The zero-order valence-corrected chi connectivity index (χ0v) is 10.0. The van der Waals surface area contributed by atoms with Crippen molar-refractivity contribution in [2.45, 2.75) is 27.7 Å². The van der Waals surface area contributed by atoms with E-state index in [0.717, 1.165) is 36.1 Å². The molecule has 1 aliphatic heterocycles. The Labute approximate surface area is 91.9 Å². The van der Waals surface area contributed by atoms with Gasteiger partial charge in [-0.1, -0.05) is 20.8 Å². The SMILES string of the molecule is CC(C)C.Cc1cncc2c1NCCO2. The summed E-state index contributed by atoms with van der Waals surface area (Å²) in [6.45, 7) is 10.1. The summed E-state index contributed by atoms with van der Waals surface area (Å²) in [4.78, 5) is 4.03. The Morgan fingerprint density at radius 3 is 2.60 bits per heavy atom. The molecule has 3 heteroatoms. The van der Waals surface area contributed by atoms with E-state index in [1.165, 1.54) is 0 Å². The van der Waals surface area contributed by atoms with Gasteiger partial charge in [0.05, 0.1) is 11.9 Å². The first-order chi connectivity index (χ1) is 7.11. The lowest BCUT2D eigenvalue weighted by Crippen LogP contribution is -2.18. The third kappa shape index (κ3) is 3.78. The number of hydrogen-bond donors (Lipinski definition) is 1. The molecule has 0 spiro atoms. The van der Waals surface area contributed by atoms with Crippen LogP contribution in [0.1, 0.15) is 26.3 Å². The monoisotopic (exact) mass is 208 g/mol. The zero-order valence-electron chi connectivity index (χ0n) is 10.0. The molecule has 2 heterocycles. The van der Waals surface area contributed by atoms with Crippen LogP contribution >= 0.6 is 0 Å². The number of rotatable bonds is 0. The minimum Gasteiger partial charge on any atom is -0.488 e. The van der Waals surface area contributed by atoms with E-state index in [9.17, 15) is 0 Å². The highest BCUT2D eigenvalue weighted by Gasteiger charge is 2.10. The number of nitrogens with one attached hydrogen (secondary N) is 1. The van der Waals surface area contributed by atoms with Gasteiger partial charge in [-0.15, -0.1) is 0 Å². The van der Waals surface area contributed by atoms with Crippen molar-refractivity contribution >= 4 is 5.69 Å². The van der Waals surface area contributed by atoms with Crippen molar-refractivity contribution in [3.8, 4) is 5.75 Å². The maximum absolute atomic E-state index is 5.38. The Morgan fingerprint density at radius 1 is 1.33 bits per heavy atom. The number of pyridine rings is 1. The molecule has 1 aromatic heterocycles. The lowest BCUT2D eigenvalue weighted by molar-refractivity contribution is 0.321. The van der Waals surface area contributed by atoms with Gasteiger partial charge in [0.25, 0.3) is 0 Å². The molecule has 15 heavy (non-hydrogen) atoms. The normalized spacial score (nSPS) is 13.1. The molecular weight excluding hydrogens is 188 g/mol. The number of fused-ring (bicyclic) bond motifs is 1. The molecule has 1 N–H and O–H groups in total. The van der Waals surface area contributed by atoms with Crippen LogP contribution in [0.15, 0.2) is 12.4 Å². The van der Waals surface area contributed by atoms with Crippen LogP contribution in [-0.2, 0) is 0 Å². The van der Waals surface area contributed by atoms with Crippen LogP contribution in [0.3, 0.4) is 0 Å². The van der Waals surface area contributed by atoms with Crippen molar-refractivity contribution in [2.75, 3.05) is 18.5 Å². The molecule has 0 saturated carbocycles. The van der Waals surface area contributed by atoms with Gasteiger partial charge in [0.15, 0.2) is 5.75 Å².